The number of rotatable bonds is 8. The highest BCUT2D eigenvalue weighted by Crippen LogP contribution is 2.34. The van der Waals surface area contributed by atoms with E-state index in [-0.39, 0.29) is 6.54 Å². The van der Waals surface area contributed by atoms with Gasteiger partial charge in [-0.25, -0.2) is 0 Å². The molecular formula is C17H30N2O3. The Hall–Kier alpha value is -0.650. The Kier molecular flexibility index (Phi) is 5.37. The van der Waals surface area contributed by atoms with E-state index in [4.69, 9.17) is 9.84 Å². The molecule has 1 aliphatic heterocycles. The van der Waals surface area contributed by atoms with Gasteiger partial charge in [0.15, 0.2) is 0 Å². The summed E-state index contributed by atoms with van der Waals surface area (Å²) < 4.78 is 5.58. The van der Waals surface area contributed by atoms with Gasteiger partial charge in [0.05, 0.1) is 13.2 Å². The smallest absolute Gasteiger partial charge is 0.317 e. The van der Waals surface area contributed by atoms with Crippen LogP contribution in [-0.2, 0) is 9.53 Å². The first kappa shape index (κ1) is 16.2. The van der Waals surface area contributed by atoms with Crippen LogP contribution in [0.15, 0.2) is 0 Å². The Bertz CT molecular complexity index is 374. The fourth-order valence-corrected chi connectivity index (χ4v) is 3.84. The number of hydrogen-bond acceptors (Lipinski definition) is 4. The summed E-state index contributed by atoms with van der Waals surface area (Å²) in [5, 5.41) is 12.8. The van der Waals surface area contributed by atoms with Gasteiger partial charge in [-0.3, -0.25) is 9.69 Å². The average Bonchev–Trinajstić information content (AvgIpc) is 3.26. The van der Waals surface area contributed by atoms with Gasteiger partial charge >= 0.3 is 5.97 Å². The van der Waals surface area contributed by atoms with E-state index in [2.05, 4.69) is 17.1 Å². The zero-order valence-corrected chi connectivity index (χ0v) is 13.7. The first-order valence-electron chi connectivity index (χ1n) is 8.91. The van der Waals surface area contributed by atoms with Crippen molar-refractivity contribution >= 4 is 5.97 Å². The highest BCUT2D eigenvalue weighted by atomic mass is 16.5. The second-order valence-corrected chi connectivity index (χ2v) is 7.52. The molecule has 126 valence electrons. The van der Waals surface area contributed by atoms with Gasteiger partial charge in [0.25, 0.3) is 0 Å². The summed E-state index contributed by atoms with van der Waals surface area (Å²) in [7, 11) is 0. The van der Waals surface area contributed by atoms with E-state index >= 15 is 0 Å². The van der Waals surface area contributed by atoms with Gasteiger partial charge in [-0.05, 0) is 57.3 Å². The van der Waals surface area contributed by atoms with Crippen LogP contribution >= 0.6 is 0 Å². The molecule has 3 rings (SSSR count). The fraction of sp³-hybridized carbons (Fsp3) is 0.941. The predicted octanol–water partition coefficient (Wildman–Crippen LogP) is 1.72. The lowest BCUT2D eigenvalue weighted by Crippen LogP contribution is -2.57. The molecule has 0 aromatic rings. The van der Waals surface area contributed by atoms with Crippen LogP contribution in [-0.4, -0.2) is 60.4 Å². The highest BCUT2D eigenvalue weighted by Gasteiger charge is 2.38. The molecule has 2 unspecified atom stereocenters. The maximum absolute atomic E-state index is 11.1. The Morgan fingerprint density at radius 1 is 1.36 bits per heavy atom. The molecule has 22 heavy (non-hydrogen) atoms. The van der Waals surface area contributed by atoms with E-state index in [9.17, 15) is 4.79 Å². The highest BCUT2D eigenvalue weighted by molar-refractivity contribution is 5.69. The molecule has 0 aromatic carbocycles. The van der Waals surface area contributed by atoms with Crippen molar-refractivity contribution in [1.29, 1.82) is 0 Å². The molecule has 0 bridgehead atoms. The zero-order chi connectivity index (χ0) is 15.5. The van der Waals surface area contributed by atoms with Crippen molar-refractivity contribution in [2.45, 2.75) is 63.6 Å². The van der Waals surface area contributed by atoms with E-state index in [0.29, 0.717) is 24.0 Å². The fourth-order valence-electron chi connectivity index (χ4n) is 3.84. The molecule has 2 atom stereocenters. The van der Waals surface area contributed by atoms with Crippen LogP contribution in [0.1, 0.15) is 45.4 Å². The molecule has 2 N–H and O–H groups in total. The second-order valence-electron chi connectivity index (χ2n) is 7.52. The molecule has 3 fully saturated rings. The standard InChI is InChI=1S/C17H30N2O3/c1-12(14-3-2-6-22-11-14)18-15-7-16(8-15)19(10-17(20)21)9-13-4-5-13/h12-16,18H,2-11H2,1H3,(H,20,21). The van der Waals surface area contributed by atoms with Crippen molar-refractivity contribution in [3.8, 4) is 0 Å². The summed E-state index contributed by atoms with van der Waals surface area (Å²) in [6, 6.07) is 1.52. The summed E-state index contributed by atoms with van der Waals surface area (Å²) in [6.45, 7) is 5.26. The topological polar surface area (TPSA) is 61.8 Å². The number of hydrogen-bond donors (Lipinski definition) is 2. The summed E-state index contributed by atoms with van der Waals surface area (Å²) in [6.07, 6.45) is 7.19. The van der Waals surface area contributed by atoms with Crippen LogP contribution in [0.2, 0.25) is 0 Å². The minimum Gasteiger partial charge on any atom is -0.480 e. The molecule has 5 heteroatoms. The molecule has 2 saturated carbocycles. The maximum atomic E-state index is 11.1. The van der Waals surface area contributed by atoms with Crippen LogP contribution in [0.3, 0.4) is 0 Å². The molecule has 2 aliphatic carbocycles. The van der Waals surface area contributed by atoms with Crippen LogP contribution in [0.25, 0.3) is 0 Å². The maximum Gasteiger partial charge on any atom is 0.317 e. The van der Waals surface area contributed by atoms with Gasteiger partial charge in [0, 0.05) is 31.3 Å². The zero-order valence-electron chi connectivity index (χ0n) is 13.7. The van der Waals surface area contributed by atoms with E-state index in [1.807, 2.05) is 0 Å². The van der Waals surface area contributed by atoms with Gasteiger partial charge in [-0.15, -0.1) is 0 Å². The molecule has 0 radical (unpaired) electrons. The quantitative estimate of drug-likeness (QED) is 0.715. The first-order valence-corrected chi connectivity index (χ1v) is 8.91. The van der Waals surface area contributed by atoms with E-state index in [0.717, 1.165) is 38.5 Å². The first-order chi connectivity index (χ1) is 10.6. The van der Waals surface area contributed by atoms with Crippen molar-refractivity contribution in [2.24, 2.45) is 11.8 Å². The van der Waals surface area contributed by atoms with Gasteiger partial charge in [0.2, 0.25) is 0 Å². The van der Waals surface area contributed by atoms with E-state index < -0.39 is 5.97 Å². The Morgan fingerprint density at radius 3 is 2.73 bits per heavy atom. The summed E-state index contributed by atoms with van der Waals surface area (Å²) >= 11 is 0. The van der Waals surface area contributed by atoms with Crippen LogP contribution < -0.4 is 5.32 Å². The number of carboxylic acid groups (broad SMARTS) is 1. The Morgan fingerprint density at radius 2 is 2.14 bits per heavy atom. The van der Waals surface area contributed by atoms with Crippen molar-refractivity contribution in [3.63, 3.8) is 0 Å². The van der Waals surface area contributed by atoms with Crippen LogP contribution in [0.5, 0.6) is 0 Å². The van der Waals surface area contributed by atoms with Gasteiger partial charge in [-0.2, -0.15) is 0 Å². The van der Waals surface area contributed by atoms with Crippen molar-refractivity contribution in [2.75, 3.05) is 26.3 Å². The van der Waals surface area contributed by atoms with Crippen molar-refractivity contribution in [1.82, 2.24) is 10.2 Å². The van der Waals surface area contributed by atoms with Crippen LogP contribution in [0, 0.1) is 11.8 Å². The monoisotopic (exact) mass is 310 g/mol. The summed E-state index contributed by atoms with van der Waals surface area (Å²) in [4.78, 5) is 13.3. The van der Waals surface area contributed by atoms with E-state index in [1.165, 1.54) is 25.7 Å². The lowest BCUT2D eigenvalue weighted by Gasteiger charge is -2.45. The third kappa shape index (κ3) is 4.43. The lowest BCUT2D eigenvalue weighted by molar-refractivity contribution is -0.139. The molecule has 5 nitrogen and oxygen atoms in total. The molecule has 0 spiro atoms. The second kappa shape index (κ2) is 7.28. The van der Waals surface area contributed by atoms with Crippen molar-refractivity contribution < 1.29 is 14.6 Å². The number of carboxylic acids is 1. The minimum atomic E-state index is -0.690. The normalized spacial score (nSPS) is 33.5. The van der Waals surface area contributed by atoms with Gasteiger partial charge in [0.1, 0.15) is 0 Å². The summed E-state index contributed by atoms with van der Waals surface area (Å²) in [5.41, 5.74) is 0. The molecule has 0 aromatic heterocycles. The number of nitrogens with one attached hydrogen (secondary N) is 1. The predicted molar refractivity (Wildman–Crippen MR) is 84.9 cm³/mol. The SMILES string of the molecule is CC(NC1CC(N(CC(=O)O)CC2CC2)C1)C1CCCOC1. The van der Waals surface area contributed by atoms with Crippen LogP contribution in [0.4, 0.5) is 0 Å². The number of ether oxygens (including phenoxy) is 1. The molecule has 1 heterocycles. The number of aliphatic carboxylic acids is 1. The van der Waals surface area contributed by atoms with Gasteiger partial charge < -0.3 is 15.2 Å². The van der Waals surface area contributed by atoms with Crippen molar-refractivity contribution in [3.05, 3.63) is 0 Å². The lowest BCUT2D eigenvalue weighted by atomic mass is 9.83. The molecule has 3 aliphatic rings. The molecule has 0 amide bonds. The molecular weight excluding hydrogens is 280 g/mol. The summed E-state index contributed by atoms with van der Waals surface area (Å²) in [5.74, 6) is 0.698. The average molecular weight is 310 g/mol. The third-order valence-corrected chi connectivity index (χ3v) is 5.56. The minimum absolute atomic E-state index is 0.208. The molecule has 1 saturated heterocycles. The Balaban J connectivity index is 1.40. The Labute approximate surface area is 133 Å². The van der Waals surface area contributed by atoms with E-state index in [1.54, 1.807) is 0 Å². The number of carbonyl (C=O) groups is 1. The van der Waals surface area contributed by atoms with Gasteiger partial charge in [-0.1, -0.05) is 0 Å². The third-order valence-electron chi connectivity index (χ3n) is 5.56. The number of nitrogens with zero attached hydrogens (tertiary/aromatic N) is 1. The largest absolute Gasteiger partial charge is 0.480 e.